The lowest BCUT2D eigenvalue weighted by atomic mass is 10.1. The maximum atomic E-state index is 12.3. The van der Waals surface area contributed by atoms with E-state index in [9.17, 15) is 4.79 Å². The Hall–Kier alpha value is -1.96. The molecule has 0 unspecified atom stereocenters. The van der Waals surface area contributed by atoms with Gasteiger partial charge >= 0.3 is 0 Å². The second kappa shape index (κ2) is 7.35. The lowest BCUT2D eigenvalue weighted by Gasteiger charge is -2.05. The zero-order chi connectivity index (χ0) is 16.1. The first kappa shape index (κ1) is 16.4. The standard InChI is InChI=1S/C14H22N6OS/c1-4-20-11(8-10(19-20)9(2)3)13(21)16-7-5-6-12-17-18-14(15)22-12/h8-9H,4-7H2,1-3H3,(H2,15,18)(H,16,21). The van der Waals surface area contributed by atoms with E-state index in [0.717, 1.165) is 23.5 Å². The summed E-state index contributed by atoms with van der Waals surface area (Å²) in [6, 6.07) is 1.87. The normalized spacial score (nSPS) is 11.1. The average molecular weight is 322 g/mol. The number of aryl methyl sites for hydroxylation is 2. The third kappa shape index (κ3) is 4.03. The van der Waals surface area contributed by atoms with Gasteiger partial charge in [-0.05, 0) is 25.3 Å². The number of carbonyl (C=O) groups excluding carboxylic acids is 1. The van der Waals surface area contributed by atoms with Gasteiger partial charge in [-0.1, -0.05) is 25.2 Å². The van der Waals surface area contributed by atoms with E-state index >= 15 is 0 Å². The summed E-state index contributed by atoms with van der Waals surface area (Å²) in [6.07, 6.45) is 1.57. The molecule has 120 valence electrons. The first-order valence-corrected chi connectivity index (χ1v) is 8.26. The predicted molar refractivity (Wildman–Crippen MR) is 87.0 cm³/mol. The highest BCUT2D eigenvalue weighted by molar-refractivity contribution is 7.15. The summed E-state index contributed by atoms with van der Waals surface area (Å²) in [4.78, 5) is 12.3. The Morgan fingerprint density at radius 2 is 2.23 bits per heavy atom. The van der Waals surface area contributed by atoms with Gasteiger partial charge in [-0.25, -0.2) is 0 Å². The van der Waals surface area contributed by atoms with Crippen molar-refractivity contribution in [2.24, 2.45) is 0 Å². The van der Waals surface area contributed by atoms with Crippen LogP contribution in [0.2, 0.25) is 0 Å². The number of nitrogen functional groups attached to an aromatic ring is 1. The molecule has 0 aliphatic heterocycles. The van der Waals surface area contributed by atoms with Crippen molar-refractivity contribution in [1.82, 2.24) is 25.3 Å². The minimum atomic E-state index is -0.0852. The summed E-state index contributed by atoms with van der Waals surface area (Å²) in [5.41, 5.74) is 7.09. The van der Waals surface area contributed by atoms with E-state index in [0.29, 0.717) is 29.8 Å². The van der Waals surface area contributed by atoms with E-state index in [1.807, 2.05) is 13.0 Å². The van der Waals surface area contributed by atoms with Gasteiger partial charge in [0.1, 0.15) is 10.7 Å². The smallest absolute Gasteiger partial charge is 0.269 e. The number of anilines is 1. The number of aromatic nitrogens is 4. The summed E-state index contributed by atoms with van der Waals surface area (Å²) in [6.45, 7) is 7.38. The Labute approximate surface area is 133 Å². The Kier molecular flexibility index (Phi) is 5.48. The van der Waals surface area contributed by atoms with Crippen molar-refractivity contribution in [1.29, 1.82) is 0 Å². The maximum absolute atomic E-state index is 12.3. The summed E-state index contributed by atoms with van der Waals surface area (Å²) in [5, 5.41) is 16.5. The first-order valence-electron chi connectivity index (χ1n) is 7.45. The molecule has 2 aromatic heterocycles. The molecule has 22 heavy (non-hydrogen) atoms. The monoisotopic (exact) mass is 322 g/mol. The van der Waals surface area contributed by atoms with Crippen molar-refractivity contribution in [3.05, 3.63) is 22.5 Å². The Balaban J connectivity index is 1.86. The van der Waals surface area contributed by atoms with E-state index in [-0.39, 0.29) is 5.91 Å². The third-order valence-corrected chi connectivity index (χ3v) is 4.07. The second-order valence-electron chi connectivity index (χ2n) is 5.32. The molecule has 0 saturated carbocycles. The Bertz CT molecular complexity index is 633. The van der Waals surface area contributed by atoms with Crippen molar-refractivity contribution in [3.8, 4) is 0 Å². The fourth-order valence-electron chi connectivity index (χ4n) is 2.04. The predicted octanol–water partition coefficient (Wildman–Crippen LogP) is 1.82. The Morgan fingerprint density at radius 3 is 2.82 bits per heavy atom. The number of nitrogens with zero attached hydrogens (tertiary/aromatic N) is 4. The van der Waals surface area contributed by atoms with Gasteiger partial charge < -0.3 is 11.1 Å². The van der Waals surface area contributed by atoms with Crippen LogP contribution in [0.15, 0.2) is 6.07 Å². The van der Waals surface area contributed by atoms with Crippen LogP contribution < -0.4 is 11.1 Å². The van der Waals surface area contributed by atoms with Crippen molar-refractivity contribution in [3.63, 3.8) is 0 Å². The van der Waals surface area contributed by atoms with Crippen LogP contribution in [0.1, 0.15) is 54.3 Å². The number of amides is 1. The van der Waals surface area contributed by atoms with Gasteiger partial charge in [0.25, 0.3) is 5.91 Å². The van der Waals surface area contributed by atoms with Gasteiger partial charge in [0, 0.05) is 19.5 Å². The molecule has 3 N–H and O–H groups in total. The molecule has 1 amide bonds. The van der Waals surface area contributed by atoms with Gasteiger partial charge in [0.2, 0.25) is 5.13 Å². The highest BCUT2D eigenvalue weighted by Gasteiger charge is 2.15. The van der Waals surface area contributed by atoms with Crippen molar-refractivity contribution < 1.29 is 4.79 Å². The molecule has 0 fully saturated rings. The molecule has 2 aromatic rings. The van der Waals surface area contributed by atoms with E-state index in [1.165, 1.54) is 11.3 Å². The van der Waals surface area contributed by atoms with Crippen molar-refractivity contribution in [2.75, 3.05) is 12.3 Å². The van der Waals surface area contributed by atoms with Crippen LogP contribution in [-0.2, 0) is 13.0 Å². The van der Waals surface area contributed by atoms with Crippen molar-refractivity contribution in [2.45, 2.75) is 46.1 Å². The number of hydrogen-bond donors (Lipinski definition) is 2. The lowest BCUT2D eigenvalue weighted by Crippen LogP contribution is -2.27. The second-order valence-corrected chi connectivity index (χ2v) is 6.41. The fourth-order valence-corrected chi connectivity index (χ4v) is 2.69. The number of nitrogens with two attached hydrogens (primary N) is 1. The van der Waals surface area contributed by atoms with Crippen LogP contribution >= 0.6 is 11.3 Å². The van der Waals surface area contributed by atoms with Gasteiger partial charge in [0.15, 0.2) is 0 Å². The van der Waals surface area contributed by atoms with Crippen molar-refractivity contribution >= 4 is 22.4 Å². The number of nitrogens with one attached hydrogen (secondary N) is 1. The molecule has 0 bridgehead atoms. The average Bonchev–Trinajstić information content (AvgIpc) is 3.09. The number of hydrogen-bond acceptors (Lipinski definition) is 6. The molecule has 2 heterocycles. The third-order valence-electron chi connectivity index (χ3n) is 3.26. The van der Waals surface area contributed by atoms with Gasteiger partial charge in [-0.2, -0.15) is 5.10 Å². The first-order chi connectivity index (χ1) is 10.5. The molecule has 0 aromatic carbocycles. The van der Waals surface area contributed by atoms with Gasteiger partial charge in [-0.3, -0.25) is 9.48 Å². The molecule has 0 aliphatic rings. The molecule has 2 rings (SSSR count). The van der Waals surface area contributed by atoms with Crippen LogP contribution in [-0.4, -0.2) is 32.4 Å². The molecule has 7 nitrogen and oxygen atoms in total. The number of rotatable bonds is 7. The molecule has 0 atom stereocenters. The molecule has 8 heteroatoms. The molecule has 0 aliphatic carbocycles. The van der Waals surface area contributed by atoms with Crippen LogP contribution in [0.3, 0.4) is 0 Å². The molecular formula is C14H22N6OS. The summed E-state index contributed by atoms with van der Waals surface area (Å²) in [5.74, 6) is 0.222. The van der Waals surface area contributed by atoms with Crippen LogP contribution in [0.4, 0.5) is 5.13 Å². The van der Waals surface area contributed by atoms with Crippen LogP contribution in [0.5, 0.6) is 0 Å². The summed E-state index contributed by atoms with van der Waals surface area (Å²) < 4.78 is 1.75. The largest absolute Gasteiger partial charge is 0.374 e. The quantitative estimate of drug-likeness (QED) is 0.758. The van der Waals surface area contributed by atoms with E-state index in [4.69, 9.17) is 5.73 Å². The van der Waals surface area contributed by atoms with E-state index < -0.39 is 0 Å². The maximum Gasteiger partial charge on any atom is 0.269 e. The molecular weight excluding hydrogens is 300 g/mol. The topological polar surface area (TPSA) is 98.7 Å². The van der Waals surface area contributed by atoms with Crippen LogP contribution in [0.25, 0.3) is 0 Å². The molecule has 0 spiro atoms. The minimum Gasteiger partial charge on any atom is -0.374 e. The highest BCUT2D eigenvalue weighted by Crippen LogP contribution is 2.15. The van der Waals surface area contributed by atoms with Crippen LogP contribution in [0, 0.1) is 0 Å². The highest BCUT2D eigenvalue weighted by atomic mass is 32.1. The van der Waals surface area contributed by atoms with E-state index in [1.54, 1.807) is 4.68 Å². The zero-order valence-electron chi connectivity index (χ0n) is 13.2. The Morgan fingerprint density at radius 1 is 1.45 bits per heavy atom. The summed E-state index contributed by atoms with van der Waals surface area (Å²) >= 11 is 1.38. The zero-order valence-corrected chi connectivity index (χ0v) is 14.0. The summed E-state index contributed by atoms with van der Waals surface area (Å²) in [7, 11) is 0. The molecule has 0 radical (unpaired) electrons. The lowest BCUT2D eigenvalue weighted by molar-refractivity contribution is 0.0942. The SMILES string of the molecule is CCn1nc(C(C)C)cc1C(=O)NCCCc1nnc(N)s1. The van der Waals surface area contributed by atoms with E-state index in [2.05, 4.69) is 34.5 Å². The molecule has 0 saturated heterocycles. The van der Waals surface area contributed by atoms with Gasteiger partial charge in [0.05, 0.1) is 5.69 Å². The minimum absolute atomic E-state index is 0.0852. The van der Waals surface area contributed by atoms with Gasteiger partial charge in [-0.15, -0.1) is 10.2 Å². The fraction of sp³-hybridized carbons (Fsp3) is 0.571. The number of carbonyl (C=O) groups is 1.